The minimum Gasteiger partial charge on any atom is -0.399 e. The lowest BCUT2D eigenvalue weighted by atomic mass is 10.2. The Balaban J connectivity index is 2.50. The van der Waals surface area contributed by atoms with Crippen LogP contribution in [0.3, 0.4) is 0 Å². The molecule has 0 aliphatic heterocycles. The first-order valence-corrected chi connectivity index (χ1v) is 8.06. The Bertz CT molecular complexity index is 732. The quantitative estimate of drug-likeness (QED) is 0.736. The summed E-state index contributed by atoms with van der Waals surface area (Å²) in [6.45, 7) is 0. The van der Waals surface area contributed by atoms with Crippen LogP contribution in [0.1, 0.15) is 0 Å². The van der Waals surface area contributed by atoms with Crippen LogP contribution in [0.15, 0.2) is 51.8 Å². The van der Waals surface area contributed by atoms with Gasteiger partial charge >= 0.3 is 0 Å². The van der Waals surface area contributed by atoms with Crippen molar-refractivity contribution in [3.05, 3.63) is 46.9 Å². The van der Waals surface area contributed by atoms with Crippen LogP contribution >= 0.6 is 15.9 Å². The van der Waals surface area contributed by atoms with E-state index < -0.39 is 10.0 Å². The molecular weight excluding hydrogens is 342 g/mol. The second kappa shape index (κ2) is 5.82. The lowest BCUT2D eigenvalue weighted by Crippen LogP contribution is -2.20. The molecule has 2 rings (SSSR count). The van der Waals surface area contributed by atoms with Crippen molar-refractivity contribution in [3.8, 4) is 0 Å². The van der Waals surface area contributed by atoms with Gasteiger partial charge in [-0.15, -0.1) is 0 Å². The number of hydrogen-bond donors (Lipinski definition) is 3. The second-order valence-electron chi connectivity index (χ2n) is 4.07. The van der Waals surface area contributed by atoms with Gasteiger partial charge < -0.3 is 11.1 Å². The van der Waals surface area contributed by atoms with Crippen molar-refractivity contribution in [2.45, 2.75) is 4.90 Å². The van der Waals surface area contributed by atoms with Crippen LogP contribution in [0, 0.1) is 0 Å². The average Bonchev–Trinajstić information content (AvgIpc) is 2.43. The number of benzene rings is 2. The SMILES string of the molecule is CNS(=O)(=O)c1cc(N)ccc1Nc1ccccc1Br. The van der Waals surface area contributed by atoms with Crippen LogP contribution in [0.25, 0.3) is 0 Å². The minimum atomic E-state index is -3.59. The van der Waals surface area contributed by atoms with Gasteiger partial charge in [0.1, 0.15) is 4.90 Å². The third-order valence-corrected chi connectivity index (χ3v) is 4.85. The third kappa shape index (κ3) is 3.12. The fourth-order valence-electron chi connectivity index (χ4n) is 1.68. The smallest absolute Gasteiger partial charge is 0.242 e. The summed E-state index contributed by atoms with van der Waals surface area (Å²) in [5, 5.41) is 3.09. The molecule has 5 nitrogen and oxygen atoms in total. The minimum absolute atomic E-state index is 0.107. The molecule has 0 bridgehead atoms. The maximum atomic E-state index is 12.0. The van der Waals surface area contributed by atoms with Crippen molar-refractivity contribution < 1.29 is 8.42 Å². The first kappa shape index (κ1) is 14.8. The monoisotopic (exact) mass is 355 g/mol. The first-order valence-electron chi connectivity index (χ1n) is 5.78. The van der Waals surface area contributed by atoms with Crippen LogP contribution in [0.5, 0.6) is 0 Å². The molecule has 0 saturated carbocycles. The molecule has 0 aliphatic rings. The van der Waals surface area contributed by atoms with Crippen LogP contribution in [-0.4, -0.2) is 15.5 Å². The van der Waals surface area contributed by atoms with Gasteiger partial charge in [0, 0.05) is 10.2 Å². The number of hydrogen-bond acceptors (Lipinski definition) is 4. The van der Waals surface area contributed by atoms with Crippen molar-refractivity contribution in [1.29, 1.82) is 0 Å². The molecule has 0 saturated heterocycles. The number of sulfonamides is 1. The third-order valence-electron chi connectivity index (χ3n) is 2.71. The number of rotatable bonds is 4. The van der Waals surface area contributed by atoms with E-state index in [4.69, 9.17) is 5.73 Å². The Kier molecular flexibility index (Phi) is 4.32. The van der Waals surface area contributed by atoms with Gasteiger partial charge in [0.05, 0.1) is 11.4 Å². The maximum Gasteiger partial charge on any atom is 0.242 e. The summed E-state index contributed by atoms with van der Waals surface area (Å²) in [4.78, 5) is 0.107. The highest BCUT2D eigenvalue weighted by molar-refractivity contribution is 9.10. The normalized spacial score (nSPS) is 11.3. The molecule has 0 aromatic heterocycles. The summed E-state index contributed by atoms with van der Waals surface area (Å²) in [6, 6.07) is 12.2. The van der Waals surface area contributed by atoms with Gasteiger partial charge in [-0.1, -0.05) is 12.1 Å². The van der Waals surface area contributed by atoms with Crippen LogP contribution in [-0.2, 0) is 10.0 Å². The fourth-order valence-corrected chi connectivity index (χ4v) is 2.99. The highest BCUT2D eigenvalue weighted by Crippen LogP contribution is 2.30. The van der Waals surface area contributed by atoms with Crippen molar-refractivity contribution in [2.75, 3.05) is 18.1 Å². The highest BCUT2D eigenvalue weighted by Gasteiger charge is 2.17. The van der Waals surface area contributed by atoms with E-state index in [2.05, 4.69) is 26.0 Å². The van der Waals surface area contributed by atoms with Gasteiger partial charge in [0.15, 0.2) is 0 Å². The molecule has 0 atom stereocenters. The maximum absolute atomic E-state index is 12.0. The van der Waals surface area contributed by atoms with E-state index in [1.807, 2.05) is 24.3 Å². The molecule has 0 fully saturated rings. The molecule has 2 aromatic rings. The van der Waals surface area contributed by atoms with Crippen molar-refractivity contribution in [1.82, 2.24) is 4.72 Å². The van der Waals surface area contributed by atoms with E-state index >= 15 is 0 Å². The number of para-hydroxylation sites is 1. The number of nitrogens with two attached hydrogens (primary N) is 1. The fraction of sp³-hybridized carbons (Fsp3) is 0.0769. The van der Waals surface area contributed by atoms with E-state index in [1.165, 1.54) is 13.1 Å². The molecular formula is C13H14BrN3O2S. The summed E-state index contributed by atoms with van der Waals surface area (Å²) in [6.07, 6.45) is 0. The van der Waals surface area contributed by atoms with E-state index in [9.17, 15) is 8.42 Å². The molecule has 0 aliphatic carbocycles. The van der Waals surface area contributed by atoms with Crippen molar-refractivity contribution in [3.63, 3.8) is 0 Å². The molecule has 0 radical (unpaired) electrons. The predicted octanol–water partition coefficient (Wildman–Crippen LogP) is 2.68. The number of nitrogens with one attached hydrogen (secondary N) is 2. The lowest BCUT2D eigenvalue weighted by Gasteiger charge is -2.14. The number of nitrogen functional groups attached to an aromatic ring is 1. The van der Waals surface area contributed by atoms with Gasteiger partial charge in [0.2, 0.25) is 10.0 Å². The van der Waals surface area contributed by atoms with Crippen LogP contribution < -0.4 is 15.8 Å². The van der Waals surface area contributed by atoms with Gasteiger partial charge in [-0.2, -0.15) is 0 Å². The van der Waals surface area contributed by atoms with Crippen LogP contribution in [0.4, 0.5) is 17.1 Å². The van der Waals surface area contributed by atoms with E-state index in [1.54, 1.807) is 12.1 Å². The highest BCUT2D eigenvalue weighted by atomic mass is 79.9. The zero-order valence-electron chi connectivity index (χ0n) is 10.7. The van der Waals surface area contributed by atoms with Gasteiger partial charge in [-0.05, 0) is 53.3 Å². The molecule has 0 amide bonds. The van der Waals surface area contributed by atoms with Crippen molar-refractivity contribution >= 4 is 43.0 Å². The van der Waals surface area contributed by atoms with Crippen LogP contribution in [0.2, 0.25) is 0 Å². The Morgan fingerprint density at radius 3 is 2.45 bits per heavy atom. The Morgan fingerprint density at radius 1 is 1.10 bits per heavy atom. The summed E-state index contributed by atoms with van der Waals surface area (Å²) in [5.74, 6) is 0. The van der Waals surface area contributed by atoms with E-state index in [0.717, 1.165) is 10.2 Å². The number of anilines is 3. The molecule has 4 N–H and O–H groups in total. The molecule has 106 valence electrons. The molecule has 0 heterocycles. The van der Waals surface area contributed by atoms with Crippen molar-refractivity contribution in [2.24, 2.45) is 0 Å². The molecule has 7 heteroatoms. The van der Waals surface area contributed by atoms with E-state index in [-0.39, 0.29) is 4.90 Å². The molecule has 20 heavy (non-hydrogen) atoms. The summed E-state index contributed by atoms with van der Waals surface area (Å²) < 4.78 is 27.2. The van der Waals surface area contributed by atoms with Gasteiger partial charge in [0.25, 0.3) is 0 Å². The van der Waals surface area contributed by atoms with E-state index in [0.29, 0.717) is 11.4 Å². The second-order valence-corrected chi connectivity index (χ2v) is 6.78. The standard InChI is InChI=1S/C13H14BrN3O2S/c1-16-20(18,19)13-8-9(15)6-7-12(13)17-11-5-3-2-4-10(11)14/h2-8,16-17H,15H2,1H3. The topological polar surface area (TPSA) is 84.2 Å². The average molecular weight is 356 g/mol. The molecule has 2 aromatic carbocycles. The Hall–Kier alpha value is -1.57. The summed E-state index contributed by atoms with van der Waals surface area (Å²) in [5.41, 5.74) is 7.29. The summed E-state index contributed by atoms with van der Waals surface area (Å²) >= 11 is 3.41. The lowest BCUT2D eigenvalue weighted by molar-refractivity contribution is 0.588. The summed E-state index contributed by atoms with van der Waals surface area (Å²) in [7, 11) is -2.23. The zero-order valence-corrected chi connectivity index (χ0v) is 13.1. The Labute approximate surface area is 126 Å². The van der Waals surface area contributed by atoms with Gasteiger partial charge in [-0.3, -0.25) is 0 Å². The first-order chi connectivity index (χ1) is 9.44. The zero-order chi connectivity index (χ0) is 14.8. The predicted molar refractivity (Wildman–Crippen MR) is 84.5 cm³/mol. The Morgan fingerprint density at radius 2 is 1.80 bits per heavy atom. The number of halogens is 1. The largest absolute Gasteiger partial charge is 0.399 e. The molecule has 0 unspecified atom stereocenters. The van der Waals surface area contributed by atoms with Gasteiger partial charge in [-0.25, -0.2) is 13.1 Å². The molecule has 0 spiro atoms.